The molecule has 2 aliphatic heterocycles. The number of alkyl halides is 4. The lowest BCUT2D eigenvalue weighted by atomic mass is 10.0. The number of hydrogen-bond donors (Lipinski definition) is 1. The lowest BCUT2D eigenvalue weighted by Gasteiger charge is -2.36. The first-order chi connectivity index (χ1) is 20.7. The number of likely N-dealkylation sites (tertiary alicyclic amines) is 1. The van der Waals surface area contributed by atoms with E-state index < -0.39 is 11.7 Å². The molecule has 4 heterocycles. The molecule has 4 aromatic rings. The van der Waals surface area contributed by atoms with Crippen molar-refractivity contribution in [2.45, 2.75) is 54.6 Å². The number of piperidine rings is 2. The Morgan fingerprint density at radius 3 is 2.53 bits per heavy atom. The van der Waals surface area contributed by atoms with Crippen molar-refractivity contribution in [3.63, 3.8) is 0 Å². The second-order valence-electron chi connectivity index (χ2n) is 11.1. The minimum Gasteiger partial charge on any atom is -0.490 e. The van der Waals surface area contributed by atoms with Gasteiger partial charge in [0.25, 0.3) is 5.91 Å². The van der Waals surface area contributed by atoms with Crippen molar-refractivity contribution in [3.05, 3.63) is 89.9 Å². The van der Waals surface area contributed by atoms with E-state index in [0.717, 1.165) is 62.0 Å². The van der Waals surface area contributed by atoms with Crippen LogP contribution < -0.4 is 15.0 Å². The lowest BCUT2D eigenvalue weighted by molar-refractivity contribution is -0.137. The molecule has 2 aromatic heterocycles. The molecule has 2 aliphatic rings. The smallest absolute Gasteiger partial charge is 0.416 e. The number of furan rings is 1. The summed E-state index contributed by atoms with van der Waals surface area (Å²) in [5, 5.41) is 3.95. The van der Waals surface area contributed by atoms with Crippen molar-refractivity contribution in [2.75, 3.05) is 24.5 Å². The predicted octanol–water partition coefficient (Wildman–Crippen LogP) is 7.05. The number of hydrogen-bond acceptors (Lipinski definition) is 6. The molecule has 1 amide bonds. The molecule has 2 saturated heterocycles. The van der Waals surface area contributed by atoms with E-state index in [1.165, 1.54) is 17.7 Å². The zero-order valence-electron chi connectivity index (χ0n) is 23.4. The van der Waals surface area contributed by atoms with Crippen LogP contribution in [0.1, 0.15) is 47.4 Å². The van der Waals surface area contributed by atoms with Crippen molar-refractivity contribution in [2.24, 2.45) is 0 Å². The van der Waals surface area contributed by atoms with Gasteiger partial charge in [0.15, 0.2) is 5.76 Å². The lowest BCUT2D eigenvalue weighted by Crippen LogP contribution is -2.47. The van der Waals surface area contributed by atoms with E-state index in [0.29, 0.717) is 28.5 Å². The van der Waals surface area contributed by atoms with Crippen LogP contribution in [0.25, 0.3) is 11.0 Å². The molecule has 0 aliphatic carbocycles. The fourth-order valence-electron chi connectivity index (χ4n) is 5.75. The summed E-state index contributed by atoms with van der Waals surface area (Å²) in [5.41, 5.74) is 1.94. The highest BCUT2D eigenvalue weighted by molar-refractivity contribution is 14.1. The van der Waals surface area contributed by atoms with Crippen molar-refractivity contribution >= 4 is 45.2 Å². The Labute approximate surface area is 261 Å². The van der Waals surface area contributed by atoms with E-state index in [2.05, 4.69) is 48.8 Å². The molecule has 2 atom stereocenters. The van der Waals surface area contributed by atoms with Gasteiger partial charge >= 0.3 is 6.18 Å². The highest BCUT2D eigenvalue weighted by atomic mass is 127. The number of nitrogens with zero attached hydrogens (tertiary/aromatic N) is 3. The number of carbonyl (C=O) groups is 1. The van der Waals surface area contributed by atoms with Crippen LogP contribution >= 0.6 is 22.6 Å². The van der Waals surface area contributed by atoms with Crippen LogP contribution in [0.15, 0.2) is 77.5 Å². The maximum Gasteiger partial charge on any atom is 0.416 e. The number of rotatable bonds is 7. The zero-order chi connectivity index (χ0) is 30.0. The molecule has 6 rings (SSSR count). The van der Waals surface area contributed by atoms with Crippen LogP contribution in [0.4, 0.5) is 18.9 Å². The minimum atomic E-state index is -4.34. The average molecular weight is 705 g/mol. The van der Waals surface area contributed by atoms with Gasteiger partial charge in [0.05, 0.1) is 9.61 Å². The minimum absolute atomic E-state index is 0.0111. The largest absolute Gasteiger partial charge is 0.490 e. The van der Waals surface area contributed by atoms with Gasteiger partial charge in [0, 0.05) is 68.5 Å². The van der Waals surface area contributed by atoms with Crippen molar-refractivity contribution in [3.8, 4) is 5.75 Å². The average Bonchev–Trinajstić information content (AvgIpc) is 3.43. The molecule has 7 nitrogen and oxygen atoms in total. The van der Waals surface area contributed by atoms with Gasteiger partial charge in [-0.1, -0.05) is 28.7 Å². The molecule has 2 unspecified atom stereocenters. The molecule has 1 N–H and O–H groups in total. The Kier molecular flexibility index (Phi) is 8.80. The highest BCUT2D eigenvalue weighted by Crippen LogP contribution is 2.32. The van der Waals surface area contributed by atoms with E-state index in [1.54, 1.807) is 12.3 Å². The van der Waals surface area contributed by atoms with Crippen LogP contribution in [0.3, 0.4) is 0 Å². The number of anilines is 1. The summed E-state index contributed by atoms with van der Waals surface area (Å²) in [6.07, 6.45) is 2.53. The maximum absolute atomic E-state index is 13.1. The number of fused-ring (bicyclic) bond motifs is 1. The molecule has 0 bridgehead atoms. The van der Waals surface area contributed by atoms with Gasteiger partial charge in [-0.2, -0.15) is 13.2 Å². The number of pyridine rings is 1. The van der Waals surface area contributed by atoms with Gasteiger partial charge in [-0.15, -0.1) is 0 Å². The third-order valence-electron chi connectivity index (χ3n) is 8.10. The van der Waals surface area contributed by atoms with Crippen molar-refractivity contribution in [1.82, 2.24) is 15.2 Å². The molecule has 0 saturated carbocycles. The second-order valence-corrected chi connectivity index (χ2v) is 12.6. The Balaban J connectivity index is 1.00. The number of benzene rings is 2. The van der Waals surface area contributed by atoms with E-state index >= 15 is 0 Å². The van der Waals surface area contributed by atoms with Crippen LogP contribution in [0.5, 0.6) is 5.75 Å². The van der Waals surface area contributed by atoms with E-state index in [1.807, 2.05) is 30.5 Å². The Hall–Kier alpha value is -3.32. The van der Waals surface area contributed by atoms with Crippen LogP contribution in [0, 0.1) is 0 Å². The topological polar surface area (TPSA) is 70.8 Å². The van der Waals surface area contributed by atoms with E-state index in [9.17, 15) is 18.0 Å². The molecule has 0 spiro atoms. The summed E-state index contributed by atoms with van der Waals surface area (Å²) >= 11 is 2.44. The standard InChI is InChI=1S/C32H32F3IN4O3/c33-32(34,35)23-3-5-25(6-4-23)39-14-10-26(11-15-39)42-27-7-8-28-22(16-27)17-29(43-28)31(41)38-24-9-13-40(30(36)18-24)20-21-2-1-12-37-19-21/h1-8,12,16-17,19,24,26,30H,9-11,13-15,18,20H2,(H,38,41). The second kappa shape index (κ2) is 12.7. The molecule has 2 fully saturated rings. The van der Waals surface area contributed by atoms with Gasteiger partial charge in [0.2, 0.25) is 0 Å². The normalized spacial score (nSPS) is 20.3. The Bertz CT molecular complexity index is 1540. The Morgan fingerprint density at radius 2 is 1.84 bits per heavy atom. The fraction of sp³-hybridized carbons (Fsp3) is 0.375. The summed E-state index contributed by atoms with van der Waals surface area (Å²) < 4.78 is 51.0. The SMILES string of the molecule is O=C(NC1CCN(Cc2cccnc2)C(I)C1)c1cc2cc(OC3CCN(c4ccc(C(F)(F)F)cc4)CC3)ccc2o1. The number of halogens is 4. The number of nitrogens with one attached hydrogen (secondary N) is 1. The molecule has 43 heavy (non-hydrogen) atoms. The summed E-state index contributed by atoms with van der Waals surface area (Å²) in [4.78, 5) is 21.7. The zero-order valence-corrected chi connectivity index (χ0v) is 25.6. The first-order valence-electron chi connectivity index (χ1n) is 14.4. The van der Waals surface area contributed by atoms with Gasteiger partial charge in [-0.25, -0.2) is 0 Å². The van der Waals surface area contributed by atoms with E-state index in [-0.39, 0.29) is 23.8 Å². The molecule has 0 radical (unpaired) electrons. The summed E-state index contributed by atoms with van der Waals surface area (Å²) in [5.74, 6) is 0.755. The molecular weight excluding hydrogens is 672 g/mol. The monoisotopic (exact) mass is 704 g/mol. The molecule has 226 valence electrons. The van der Waals surface area contributed by atoms with Crippen LogP contribution in [-0.4, -0.2) is 51.6 Å². The molecular formula is C32H32F3IN4O3. The van der Waals surface area contributed by atoms with E-state index in [4.69, 9.17) is 9.15 Å². The van der Waals surface area contributed by atoms with Crippen LogP contribution in [0.2, 0.25) is 0 Å². The molecule has 2 aromatic carbocycles. The van der Waals surface area contributed by atoms with Crippen molar-refractivity contribution < 1.29 is 27.1 Å². The third-order valence-corrected chi connectivity index (χ3v) is 9.40. The third kappa shape index (κ3) is 7.26. The predicted molar refractivity (Wildman–Crippen MR) is 166 cm³/mol. The maximum atomic E-state index is 13.1. The first-order valence-corrected chi connectivity index (χ1v) is 15.7. The fourth-order valence-corrected chi connectivity index (χ4v) is 6.84. The Morgan fingerprint density at radius 1 is 1.05 bits per heavy atom. The van der Waals surface area contributed by atoms with Gasteiger partial charge < -0.3 is 19.4 Å². The number of carbonyl (C=O) groups excluding carboxylic acids is 1. The quantitative estimate of drug-likeness (QED) is 0.126. The van der Waals surface area contributed by atoms with Gasteiger partial charge in [0.1, 0.15) is 17.4 Å². The summed E-state index contributed by atoms with van der Waals surface area (Å²) in [7, 11) is 0. The molecule has 11 heteroatoms. The summed E-state index contributed by atoms with van der Waals surface area (Å²) in [6, 6.07) is 16.7. The number of amides is 1. The van der Waals surface area contributed by atoms with Gasteiger partial charge in [-0.05, 0) is 73.0 Å². The first kappa shape index (κ1) is 29.7. The number of aromatic nitrogens is 1. The van der Waals surface area contributed by atoms with Crippen LogP contribution in [-0.2, 0) is 12.7 Å². The highest BCUT2D eigenvalue weighted by Gasteiger charge is 2.31. The number of ether oxygens (including phenoxy) is 1. The van der Waals surface area contributed by atoms with Gasteiger partial charge in [-0.3, -0.25) is 14.7 Å². The van der Waals surface area contributed by atoms with Crippen molar-refractivity contribution in [1.29, 1.82) is 0 Å². The summed E-state index contributed by atoms with van der Waals surface area (Å²) in [6.45, 7) is 3.11.